The molecule has 5 nitrogen and oxygen atoms in total. The number of amides is 1. The van der Waals surface area contributed by atoms with Gasteiger partial charge in [-0.3, -0.25) is 9.79 Å². The first-order valence-electron chi connectivity index (χ1n) is 9.59. The summed E-state index contributed by atoms with van der Waals surface area (Å²) in [6, 6.07) is 8.81. The van der Waals surface area contributed by atoms with Gasteiger partial charge in [0.05, 0.1) is 0 Å². The lowest BCUT2D eigenvalue weighted by Crippen LogP contribution is -2.42. The maximum atomic E-state index is 12.0. The number of carbonyl (C=O) groups is 1. The number of hydrogen-bond donors (Lipinski definition) is 2. The van der Waals surface area contributed by atoms with Crippen LogP contribution in [0.1, 0.15) is 44.1 Å². The minimum atomic E-state index is 0. The van der Waals surface area contributed by atoms with Crippen LogP contribution in [0.25, 0.3) is 0 Å². The number of guanidine groups is 1. The number of anilines is 1. The summed E-state index contributed by atoms with van der Waals surface area (Å²) in [6.07, 6.45) is 8.68. The van der Waals surface area contributed by atoms with Crippen LogP contribution in [0, 0.1) is 0 Å². The fourth-order valence-corrected chi connectivity index (χ4v) is 4.53. The normalized spacial score (nSPS) is 23.1. The summed E-state index contributed by atoms with van der Waals surface area (Å²) in [5, 5.41) is 7.72. The number of piperidine rings is 1. The van der Waals surface area contributed by atoms with E-state index in [1.807, 2.05) is 23.7 Å². The topological polar surface area (TPSA) is 56.7 Å². The summed E-state index contributed by atoms with van der Waals surface area (Å²) in [7, 11) is 1.82. The molecule has 2 unspecified atom stereocenters. The van der Waals surface area contributed by atoms with Crippen molar-refractivity contribution in [1.29, 1.82) is 0 Å². The van der Waals surface area contributed by atoms with E-state index in [4.69, 9.17) is 0 Å². The lowest BCUT2D eigenvalue weighted by Gasteiger charge is -2.27. The number of hydrogen-bond acceptors (Lipinski definition) is 3. The number of nitrogens with zero attached hydrogens (tertiary/aromatic N) is 2. The molecule has 1 heterocycles. The Morgan fingerprint density at radius 1 is 1.26 bits per heavy atom. The van der Waals surface area contributed by atoms with E-state index >= 15 is 0 Å². The minimum Gasteiger partial charge on any atom is -0.354 e. The summed E-state index contributed by atoms with van der Waals surface area (Å²) in [5.74, 6) is 1.11. The molecular weight excluding hydrogens is 471 g/mol. The van der Waals surface area contributed by atoms with Crippen LogP contribution in [-0.2, 0) is 11.3 Å². The summed E-state index contributed by atoms with van der Waals surface area (Å²) < 4.78 is 0. The van der Waals surface area contributed by atoms with Gasteiger partial charge in [-0.05, 0) is 56.1 Å². The summed E-state index contributed by atoms with van der Waals surface area (Å²) in [5.41, 5.74) is 2.20. The molecule has 2 N–H and O–H groups in total. The molecule has 1 aromatic rings. The van der Waals surface area contributed by atoms with Gasteiger partial charge in [0, 0.05) is 43.5 Å². The van der Waals surface area contributed by atoms with Crippen LogP contribution in [-0.4, -0.2) is 43.0 Å². The van der Waals surface area contributed by atoms with Crippen LogP contribution < -0.4 is 15.5 Å². The van der Waals surface area contributed by atoms with Gasteiger partial charge in [-0.15, -0.1) is 24.0 Å². The Balaban J connectivity index is 0.00000261. The molecule has 0 spiro atoms. The van der Waals surface area contributed by atoms with E-state index in [2.05, 4.69) is 46.1 Å². The third-order valence-corrected chi connectivity index (χ3v) is 6.41. The van der Waals surface area contributed by atoms with Gasteiger partial charge in [0.1, 0.15) is 0 Å². The second-order valence-electron chi connectivity index (χ2n) is 7.11. The number of thioether (sulfide) groups is 1. The first kappa shape index (κ1) is 22.3. The molecule has 0 bridgehead atoms. The van der Waals surface area contributed by atoms with Gasteiger partial charge in [0.25, 0.3) is 0 Å². The van der Waals surface area contributed by atoms with Gasteiger partial charge in [0.2, 0.25) is 5.91 Å². The highest BCUT2D eigenvalue weighted by atomic mass is 127. The molecule has 1 saturated heterocycles. The SMILES string of the molecule is CN=C(NCc1ccc(N2CCCCC2=O)cc1)NC1CCC(SC)C1.I. The fourth-order valence-electron chi connectivity index (χ4n) is 3.73. The largest absolute Gasteiger partial charge is 0.354 e. The molecule has 1 amide bonds. The maximum absolute atomic E-state index is 12.0. The van der Waals surface area contributed by atoms with Gasteiger partial charge < -0.3 is 15.5 Å². The molecule has 150 valence electrons. The van der Waals surface area contributed by atoms with Crippen molar-refractivity contribution in [3.8, 4) is 0 Å². The van der Waals surface area contributed by atoms with Gasteiger partial charge in [-0.25, -0.2) is 0 Å². The Morgan fingerprint density at radius 2 is 2.04 bits per heavy atom. The zero-order valence-electron chi connectivity index (χ0n) is 16.2. The lowest BCUT2D eigenvalue weighted by atomic mass is 10.1. The molecule has 1 aliphatic carbocycles. The summed E-state index contributed by atoms with van der Waals surface area (Å²) >= 11 is 1.97. The Morgan fingerprint density at radius 3 is 2.67 bits per heavy atom. The van der Waals surface area contributed by atoms with Crippen molar-refractivity contribution in [2.24, 2.45) is 4.99 Å². The second-order valence-corrected chi connectivity index (χ2v) is 8.24. The first-order valence-corrected chi connectivity index (χ1v) is 10.9. The highest BCUT2D eigenvalue weighted by molar-refractivity contribution is 14.0. The summed E-state index contributed by atoms with van der Waals surface area (Å²) in [4.78, 5) is 18.3. The van der Waals surface area contributed by atoms with Crippen molar-refractivity contribution < 1.29 is 4.79 Å². The van der Waals surface area contributed by atoms with Crippen LogP contribution in [0.2, 0.25) is 0 Å². The third-order valence-electron chi connectivity index (χ3n) is 5.31. The van der Waals surface area contributed by atoms with Gasteiger partial charge in [0.15, 0.2) is 5.96 Å². The van der Waals surface area contributed by atoms with Crippen molar-refractivity contribution in [2.75, 3.05) is 24.7 Å². The molecule has 2 atom stereocenters. The van der Waals surface area contributed by atoms with Crippen LogP contribution in [0.15, 0.2) is 29.3 Å². The molecule has 1 saturated carbocycles. The van der Waals surface area contributed by atoms with E-state index in [1.54, 1.807) is 0 Å². The van der Waals surface area contributed by atoms with Crippen LogP contribution in [0.5, 0.6) is 0 Å². The molecule has 27 heavy (non-hydrogen) atoms. The Hall–Kier alpha value is -0.960. The van der Waals surface area contributed by atoms with Crippen molar-refractivity contribution in [1.82, 2.24) is 10.6 Å². The van der Waals surface area contributed by atoms with Crippen LogP contribution in [0.3, 0.4) is 0 Å². The van der Waals surface area contributed by atoms with Gasteiger partial charge in [-0.1, -0.05) is 12.1 Å². The van der Waals surface area contributed by atoms with E-state index < -0.39 is 0 Å². The molecule has 0 radical (unpaired) electrons. The van der Waals surface area contributed by atoms with Crippen molar-refractivity contribution >= 4 is 53.3 Å². The zero-order valence-corrected chi connectivity index (χ0v) is 19.4. The maximum Gasteiger partial charge on any atom is 0.226 e. The molecule has 1 aliphatic heterocycles. The average molecular weight is 502 g/mol. The van der Waals surface area contributed by atoms with Gasteiger partial charge in [-0.2, -0.15) is 11.8 Å². The Kier molecular flexibility index (Phi) is 9.21. The van der Waals surface area contributed by atoms with Crippen LogP contribution in [0.4, 0.5) is 5.69 Å². The molecule has 2 fully saturated rings. The Labute approximate surface area is 184 Å². The van der Waals surface area contributed by atoms with E-state index in [9.17, 15) is 4.79 Å². The first-order chi connectivity index (χ1) is 12.7. The standard InChI is InChI=1S/C20H30N4OS.HI/c1-21-20(23-16-8-11-18(13-16)26-2)22-14-15-6-9-17(10-7-15)24-12-4-3-5-19(24)25;/h6-7,9-10,16,18H,3-5,8,11-14H2,1-2H3,(H2,21,22,23);1H. The van der Waals surface area contributed by atoms with E-state index in [0.717, 1.165) is 42.8 Å². The molecule has 2 aliphatic rings. The highest BCUT2D eigenvalue weighted by Crippen LogP contribution is 2.28. The van der Waals surface area contributed by atoms with E-state index in [-0.39, 0.29) is 29.9 Å². The summed E-state index contributed by atoms with van der Waals surface area (Å²) in [6.45, 7) is 1.57. The smallest absolute Gasteiger partial charge is 0.226 e. The van der Waals surface area contributed by atoms with Crippen molar-refractivity contribution in [3.63, 3.8) is 0 Å². The average Bonchev–Trinajstić information content (AvgIpc) is 3.14. The predicted octanol–water partition coefficient (Wildman–Crippen LogP) is 3.77. The number of carbonyl (C=O) groups excluding carboxylic acids is 1. The molecule has 0 aromatic heterocycles. The lowest BCUT2D eigenvalue weighted by molar-refractivity contribution is -0.119. The third kappa shape index (κ3) is 6.27. The molecular formula is C20H31IN4OS. The second kappa shape index (κ2) is 11.1. The molecule has 1 aromatic carbocycles. The van der Waals surface area contributed by atoms with E-state index in [0.29, 0.717) is 12.5 Å². The molecule has 3 rings (SSSR count). The fraction of sp³-hybridized carbons (Fsp3) is 0.600. The predicted molar refractivity (Wildman–Crippen MR) is 126 cm³/mol. The number of benzene rings is 1. The monoisotopic (exact) mass is 502 g/mol. The van der Waals surface area contributed by atoms with Crippen LogP contribution >= 0.6 is 35.7 Å². The van der Waals surface area contributed by atoms with Crippen molar-refractivity contribution in [3.05, 3.63) is 29.8 Å². The molecule has 7 heteroatoms. The number of nitrogens with one attached hydrogen (secondary N) is 2. The number of halogens is 1. The minimum absolute atomic E-state index is 0. The highest BCUT2D eigenvalue weighted by Gasteiger charge is 2.24. The van der Waals surface area contributed by atoms with Crippen molar-refractivity contribution in [2.45, 2.75) is 56.4 Å². The quantitative estimate of drug-likeness (QED) is 0.366. The number of rotatable bonds is 5. The number of aliphatic imine (C=N–C) groups is 1. The van der Waals surface area contributed by atoms with E-state index in [1.165, 1.54) is 24.8 Å². The zero-order chi connectivity index (χ0) is 18.4. The Bertz CT molecular complexity index is 637. The van der Waals surface area contributed by atoms with Gasteiger partial charge >= 0.3 is 0 Å².